The van der Waals surface area contributed by atoms with Gasteiger partial charge in [-0.1, -0.05) is 30.0 Å². The number of nitrogens with one attached hydrogen (secondary N) is 1. The molecule has 6 heteroatoms. The highest BCUT2D eigenvalue weighted by Gasteiger charge is 2.28. The van der Waals surface area contributed by atoms with Crippen molar-refractivity contribution in [3.8, 4) is 5.75 Å². The van der Waals surface area contributed by atoms with E-state index in [9.17, 15) is 4.79 Å². The van der Waals surface area contributed by atoms with Crippen LogP contribution in [0.5, 0.6) is 5.75 Å². The van der Waals surface area contributed by atoms with Crippen LogP contribution in [-0.2, 0) is 11.2 Å². The van der Waals surface area contributed by atoms with E-state index in [1.54, 1.807) is 0 Å². The average Bonchev–Trinajstić information content (AvgIpc) is 3.24. The van der Waals surface area contributed by atoms with Gasteiger partial charge in [0.05, 0.1) is 22.9 Å². The Balaban J connectivity index is 1.50. The summed E-state index contributed by atoms with van der Waals surface area (Å²) in [6, 6.07) is 13.9. The summed E-state index contributed by atoms with van der Waals surface area (Å²) < 4.78 is 5.53. The van der Waals surface area contributed by atoms with Gasteiger partial charge in [-0.25, -0.2) is 4.98 Å². The molecule has 1 N–H and O–H groups in total. The Bertz CT molecular complexity index is 953. The van der Waals surface area contributed by atoms with E-state index in [0.717, 1.165) is 40.6 Å². The fraction of sp³-hybridized carbons (Fsp3) is 0.300. The summed E-state index contributed by atoms with van der Waals surface area (Å²) >= 11 is 1.46. The molecule has 134 valence electrons. The molecule has 0 bridgehead atoms. The van der Waals surface area contributed by atoms with E-state index in [-0.39, 0.29) is 11.2 Å². The van der Waals surface area contributed by atoms with Gasteiger partial charge in [0.1, 0.15) is 5.75 Å². The number of nitrogens with zero attached hydrogens (tertiary/aromatic N) is 2. The van der Waals surface area contributed by atoms with E-state index in [1.807, 2.05) is 55.1 Å². The maximum atomic E-state index is 12.9. The van der Waals surface area contributed by atoms with E-state index in [2.05, 4.69) is 16.0 Å². The van der Waals surface area contributed by atoms with Crippen molar-refractivity contribution in [1.29, 1.82) is 0 Å². The quantitative estimate of drug-likeness (QED) is 0.692. The number of hydrogen-bond donors (Lipinski definition) is 1. The smallest absolute Gasteiger partial charge is 0.240 e. The Morgan fingerprint density at radius 1 is 1.35 bits per heavy atom. The predicted octanol–water partition coefficient (Wildman–Crippen LogP) is 4.03. The molecule has 0 aliphatic carbocycles. The molecule has 5 nitrogen and oxygen atoms in total. The van der Waals surface area contributed by atoms with Crippen molar-refractivity contribution in [3.05, 3.63) is 48.0 Å². The Morgan fingerprint density at radius 3 is 3.04 bits per heavy atom. The lowest BCUT2D eigenvalue weighted by Crippen LogP contribution is -2.35. The number of thioether (sulfide) groups is 1. The molecule has 0 fully saturated rings. The van der Waals surface area contributed by atoms with Gasteiger partial charge >= 0.3 is 0 Å². The minimum Gasteiger partial charge on any atom is -0.494 e. The minimum absolute atomic E-state index is 0.121. The Hall–Kier alpha value is -2.47. The highest BCUT2D eigenvalue weighted by molar-refractivity contribution is 8.00. The van der Waals surface area contributed by atoms with Gasteiger partial charge in [-0.15, -0.1) is 0 Å². The molecular weight excluding hydrogens is 346 g/mol. The zero-order valence-electron chi connectivity index (χ0n) is 14.9. The molecule has 1 aliphatic heterocycles. The molecule has 3 aromatic rings. The van der Waals surface area contributed by atoms with Crippen LogP contribution in [-0.4, -0.2) is 34.3 Å². The van der Waals surface area contributed by atoms with Gasteiger partial charge in [0, 0.05) is 18.3 Å². The molecule has 0 radical (unpaired) electrons. The van der Waals surface area contributed by atoms with Gasteiger partial charge in [-0.3, -0.25) is 4.79 Å². The van der Waals surface area contributed by atoms with Crippen LogP contribution in [0.1, 0.15) is 19.4 Å². The first-order valence-corrected chi connectivity index (χ1v) is 9.72. The fourth-order valence-electron chi connectivity index (χ4n) is 3.28. The summed E-state index contributed by atoms with van der Waals surface area (Å²) in [7, 11) is 0. The van der Waals surface area contributed by atoms with Gasteiger partial charge in [-0.2, -0.15) is 0 Å². The SMILES string of the molecule is CCOc1ccc2nc(SC(C)C(=O)N3CCc4ccccc43)[nH]c2c1. The highest BCUT2D eigenvalue weighted by Crippen LogP contribution is 2.31. The van der Waals surface area contributed by atoms with E-state index < -0.39 is 0 Å². The minimum atomic E-state index is -0.215. The number of aromatic nitrogens is 2. The number of imidazole rings is 1. The molecule has 0 saturated heterocycles. The Morgan fingerprint density at radius 2 is 2.19 bits per heavy atom. The van der Waals surface area contributed by atoms with Crippen LogP contribution < -0.4 is 9.64 Å². The number of hydrogen-bond acceptors (Lipinski definition) is 4. The standard InChI is InChI=1S/C20H21N3O2S/c1-3-25-15-8-9-16-17(12-15)22-20(21-16)26-13(2)19(24)23-11-10-14-6-4-5-7-18(14)23/h4-9,12-13H,3,10-11H2,1-2H3,(H,21,22). The number of anilines is 1. The number of rotatable bonds is 5. The predicted molar refractivity (Wildman–Crippen MR) is 105 cm³/mol. The molecular formula is C20H21N3O2S. The maximum Gasteiger partial charge on any atom is 0.240 e. The number of carbonyl (C=O) groups is 1. The molecule has 1 aliphatic rings. The van der Waals surface area contributed by atoms with E-state index >= 15 is 0 Å². The van der Waals surface area contributed by atoms with Crippen LogP contribution in [0.25, 0.3) is 11.0 Å². The van der Waals surface area contributed by atoms with E-state index in [0.29, 0.717) is 6.61 Å². The van der Waals surface area contributed by atoms with Crippen LogP contribution in [0.2, 0.25) is 0 Å². The third-order valence-electron chi connectivity index (χ3n) is 4.53. The summed E-state index contributed by atoms with van der Waals surface area (Å²) in [6.07, 6.45) is 0.921. The Kier molecular flexibility index (Phi) is 4.59. The zero-order chi connectivity index (χ0) is 18.1. The van der Waals surface area contributed by atoms with Gasteiger partial charge in [0.15, 0.2) is 5.16 Å². The summed E-state index contributed by atoms with van der Waals surface area (Å²) in [5.74, 6) is 0.938. The molecule has 0 spiro atoms. The van der Waals surface area contributed by atoms with Crippen molar-refractivity contribution in [3.63, 3.8) is 0 Å². The topological polar surface area (TPSA) is 58.2 Å². The highest BCUT2D eigenvalue weighted by atomic mass is 32.2. The normalized spacial score (nSPS) is 14.5. The van der Waals surface area contributed by atoms with Crippen LogP contribution >= 0.6 is 11.8 Å². The third kappa shape index (κ3) is 3.17. The molecule has 2 aromatic carbocycles. The van der Waals surface area contributed by atoms with Crippen molar-refractivity contribution in [1.82, 2.24) is 9.97 Å². The number of para-hydroxylation sites is 1. The number of H-pyrrole nitrogens is 1. The van der Waals surface area contributed by atoms with Gasteiger partial charge in [0.2, 0.25) is 5.91 Å². The summed E-state index contributed by atoms with van der Waals surface area (Å²) in [5.41, 5.74) is 4.08. The number of aromatic amines is 1. The molecule has 0 saturated carbocycles. The van der Waals surface area contributed by atoms with Crippen molar-refractivity contribution in [2.24, 2.45) is 0 Å². The molecule has 2 heterocycles. The van der Waals surface area contributed by atoms with Crippen molar-refractivity contribution >= 4 is 34.4 Å². The lowest BCUT2D eigenvalue weighted by Gasteiger charge is -2.20. The van der Waals surface area contributed by atoms with Crippen LogP contribution in [0, 0.1) is 0 Å². The summed E-state index contributed by atoms with van der Waals surface area (Å²) in [5, 5.41) is 0.537. The van der Waals surface area contributed by atoms with Crippen molar-refractivity contribution < 1.29 is 9.53 Å². The second kappa shape index (κ2) is 7.03. The van der Waals surface area contributed by atoms with Crippen molar-refractivity contribution in [2.75, 3.05) is 18.1 Å². The fourth-order valence-corrected chi connectivity index (χ4v) is 4.16. The number of amides is 1. The first-order chi connectivity index (χ1) is 12.7. The van der Waals surface area contributed by atoms with Gasteiger partial charge in [0.25, 0.3) is 0 Å². The van der Waals surface area contributed by atoms with Crippen molar-refractivity contribution in [2.45, 2.75) is 30.7 Å². The largest absolute Gasteiger partial charge is 0.494 e. The van der Waals surface area contributed by atoms with Crippen LogP contribution in [0.3, 0.4) is 0 Å². The molecule has 1 unspecified atom stereocenters. The molecule has 4 rings (SSSR count). The first kappa shape index (κ1) is 17.0. The average molecular weight is 367 g/mol. The third-order valence-corrected chi connectivity index (χ3v) is 5.50. The van der Waals surface area contributed by atoms with E-state index in [4.69, 9.17) is 4.74 Å². The molecule has 1 aromatic heterocycles. The molecule has 1 atom stereocenters. The number of ether oxygens (including phenoxy) is 1. The summed E-state index contributed by atoms with van der Waals surface area (Å²) in [6.45, 7) is 5.28. The second-order valence-corrected chi connectivity index (χ2v) is 7.61. The zero-order valence-corrected chi connectivity index (χ0v) is 15.7. The lowest BCUT2D eigenvalue weighted by atomic mass is 10.2. The monoisotopic (exact) mass is 367 g/mol. The molecule has 26 heavy (non-hydrogen) atoms. The maximum absolute atomic E-state index is 12.9. The summed E-state index contributed by atoms with van der Waals surface area (Å²) in [4.78, 5) is 22.7. The number of carbonyl (C=O) groups excluding carboxylic acids is 1. The number of benzene rings is 2. The van der Waals surface area contributed by atoms with E-state index in [1.165, 1.54) is 17.3 Å². The lowest BCUT2D eigenvalue weighted by molar-refractivity contribution is -0.117. The second-order valence-electron chi connectivity index (χ2n) is 6.28. The van der Waals surface area contributed by atoms with Crippen LogP contribution in [0.15, 0.2) is 47.6 Å². The van der Waals surface area contributed by atoms with Crippen LogP contribution in [0.4, 0.5) is 5.69 Å². The molecule has 1 amide bonds. The Labute approximate surface area is 156 Å². The first-order valence-electron chi connectivity index (χ1n) is 8.84. The van der Waals surface area contributed by atoms with Gasteiger partial charge < -0.3 is 14.6 Å². The number of fused-ring (bicyclic) bond motifs is 2. The van der Waals surface area contributed by atoms with Gasteiger partial charge in [-0.05, 0) is 44.0 Å².